The van der Waals surface area contributed by atoms with Crippen molar-refractivity contribution < 1.29 is 14.3 Å². The van der Waals surface area contributed by atoms with Gasteiger partial charge in [0, 0.05) is 52.7 Å². The first-order chi connectivity index (χ1) is 19.8. The first-order valence-corrected chi connectivity index (χ1v) is 14.6. The second kappa shape index (κ2) is 14.9. The molecule has 41 heavy (non-hydrogen) atoms. The number of rotatable bonds is 15. The maximum atomic E-state index is 12.8. The molecule has 1 aromatic carbocycles. The molecule has 0 aliphatic carbocycles. The third-order valence-electron chi connectivity index (χ3n) is 7.33. The van der Waals surface area contributed by atoms with Crippen molar-refractivity contribution in [2.45, 2.75) is 52.6 Å². The van der Waals surface area contributed by atoms with E-state index in [1.165, 1.54) is 6.92 Å². The predicted octanol–water partition coefficient (Wildman–Crippen LogP) is 2.34. The number of nitrogen functional groups attached to an aromatic ring is 1. The molecule has 1 aliphatic heterocycles. The number of nitrogens with one attached hydrogen (secondary N) is 1. The van der Waals surface area contributed by atoms with Crippen LogP contribution in [0.1, 0.15) is 45.1 Å². The van der Waals surface area contributed by atoms with Gasteiger partial charge in [0.1, 0.15) is 11.3 Å². The van der Waals surface area contributed by atoms with Crippen LogP contribution < -0.4 is 20.9 Å². The minimum Gasteiger partial charge on any atom is -0.463 e. The number of ether oxygens (including phenoxy) is 2. The van der Waals surface area contributed by atoms with Crippen molar-refractivity contribution >= 4 is 23.0 Å². The number of carbonyl (C=O) groups excluding carboxylic acids is 1. The number of esters is 1. The molecule has 0 amide bonds. The zero-order valence-electron chi connectivity index (χ0n) is 24.6. The molecule has 0 unspecified atom stereocenters. The first-order valence-electron chi connectivity index (χ1n) is 14.6. The number of likely N-dealkylation sites (N-methyl/N-ethyl adjacent to an activating group) is 1. The van der Waals surface area contributed by atoms with E-state index in [0.29, 0.717) is 36.6 Å². The largest absolute Gasteiger partial charge is 0.463 e. The van der Waals surface area contributed by atoms with Crippen LogP contribution >= 0.6 is 0 Å². The molecule has 0 saturated carbocycles. The lowest BCUT2D eigenvalue weighted by Crippen LogP contribution is -2.45. The molecular formula is C29H44N8O4. The number of aromatic amines is 1. The molecule has 1 fully saturated rings. The van der Waals surface area contributed by atoms with Crippen LogP contribution in [0.4, 0.5) is 5.82 Å². The van der Waals surface area contributed by atoms with Gasteiger partial charge in [0.2, 0.25) is 0 Å². The monoisotopic (exact) mass is 568 g/mol. The summed E-state index contributed by atoms with van der Waals surface area (Å²) >= 11 is 0. The fourth-order valence-corrected chi connectivity index (χ4v) is 5.05. The summed E-state index contributed by atoms with van der Waals surface area (Å²) in [6.45, 7) is 12.3. The van der Waals surface area contributed by atoms with Crippen LogP contribution in [0.2, 0.25) is 0 Å². The summed E-state index contributed by atoms with van der Waals surface area (Å²) in [7, 11) is 2.17. The van der Waals surface area contributed by atoms with Crippen molar-refractivity contribution in [2.75, 3.05) is 65.2 Å². The minimum absolute atomic E-state index is 0.189. The standard InChI is InChI=1S/C29H44N8O4/c1-4-5-19-40-28-32-26(30)25-27(33-28)37(29(39)31-25)14-8-13-36(12-7-11-35-17-15-34(3)16-18-35)21-23-9-6-10-24(20-23)41-22(2)38/h6,9-10,20H,4-5,7-8,11-19,21H2,1-3H3,(H,31,39)(H2,30,32,33). The third-order valence-corrected chi connectivity index (χ3v) is 7.33. The molecule has 0 radical (unpaired) electrons. The van der Waals surface area contributed by atoms with Crippen LogP contribution in [0, 0.1) is 0 Å². The molecule has 1 saturated heterocycles. The Bertz CT molecular complexity index is 1330. The zero-order valence-corrected chi connectivity index (χ0v) is 24.6. The van der Waals surface area contributed by atoms with Gasteiger partial charge < -0.3 is 30.0 Å². The maximum Gasteiger partial charge on any atom is 0.327 e. The molecule has 3 aromatic rings. The van der Waals surface area contributed by atoms with Crippen LogP contribution in [0.25, 0.3) is 11.2 Å². The molecule has 0 atom stereocenters. The highest BCUT2D eigenvalue weighted by molar-refractivity contribution is 5.81. The summed E-state index contributed by atoms with van der Waals surface area (Å²) in [5, 5.41) is 0. The van der Waals surface area contributed by atoms with E-state index in [2.05, 4.69) is 43.6 Å². The van der Waals surface area contributed by atoms with Crippen LogP contribution in [-0.2, 0) is 17.9 Å². The Balaban J connectivity index is 1.42. The van der Waals surface area contributed by atoms with Crippen LogP contribution in [0.3, 0.4) is 0 Å². The fourth-order valence-electron chi connectivity index (χ4n) is 5.05. The minimum atomic E-state index is -0.335. The van der Waals surface area contributed by atoms with E-state index >= 15 is 0 Å². The number of piperazine rings is 1. The van der Waals surface area contributed by atoms with E-state index in [0.717, 1.165) is 77.1 Å². The first kappa shape index (κ1) is 30.5. The summed E-state index contributed by atoms with van der Waals surface area (Å²) in [6.07, 6.45) is 3.66. The Kier molecular flexibility index (Phi) is 11.1. The number of fused-ring (bicyclic) bond motifs is 1. The number of nitrogens with zero attached hydrogens (tertiary/aromatic N) is 6. The fraction of sp³-hybridized carbons (Fsp3) is 0.586. The van der Waals surface area contributed by atoms with Crippen LogP contribution in [0.15, 0.2) is 29.1 Å². The summed E-state index contributed by atoms with van der Waals surface area (Å²) in [5.41, 5.74) is 7.82. The Morgan fingerprint density at radius 2 is 1.85 bits per heavy atom. The highest BCUT2D eigenvalue weighted by Crippen LogP contribution is 2.19. The van der Waals surface area contributed by atoms with Crippen LogP contribution in [0.5, 0.6) is 11.8 Å². The second-order valence-electron chi connectivity index (χ2n) is 10.7. The van der Waals surface area contributed by atoms with E-state index in [9.17, 15) is 9.59 Å². The zero-order chi connectivity index (χ0) is 29.2. The number of hydrogen-bond donors (Lipinski definition) is 2. The topological polar surface area (TPSA) is 135 Å². The van der Waals surface area contributed by atoms with Crippen molar-refractivity contribution in [3.8, 4) is 11.8 Å². The van der Waals surface area contributed by atoms with Gasteiger partial charge in [-0.2, -0.15) is 9.97 Å². The molecular weight excluding hydrogens is 524 g/mol. The Hall–Kier alpha value is -3.48. The highest BCUT2D eigenvalue weighted by atomic mass is 16.5. The van der Waals surface area contributed by atoms with Crippen molar-refractivity contribution in [2.24, 2.45) is 0 Å². The normalized spacial score (nSPS) is 14.6. The number of carbonyl (C=O) groups is 1. The number of aromatic nitrogens is 4. The van der Waals surface area contributed by atoms with Crippen molar-refractivity contribution in [3.05, 3.63) is 40.3 Å². The average molecular weight is 569 g/mol. The van der Waals surface area contributed by atoms with Gasteiger partial charge in [-0.15, -0.1) is 0 Å². The number of unbranched alkanes of at least 4 members (excludes halogenated alkanes) is 1. The van der Waals surface area contributed by atoms with Gasteiger partial charge in [-0.25, -0.2) is 4.79 Å². The Labute approximate surface area is 241 Å². The lowest BCUT2D eigenvalue weighted by Gasteiger charge is -2.33. The summed E-state index contributed by atoms with van der Waals surface area (Å²) in [5.74, 6) is 0.418. The molecule has 12 nitrogen and oxygen atoms in total. The number of nitrogens with two attached hydrogens (primary N) is 1. The highest BCUT2D eigenvalue weighted by Gasteiger charge is 2.17. The molecule has 3 N–H and O–H groups in total. The van der Waals surface area contributed by atoms with E-state index < -0.39 is 0 Å². The van der Waals surface area contributed by atoms with Gasteiger partial charge in [0.15, 0.2) is 11.5 Å². The SMILES string of the molecule is CCCCOc1nc(N)c2[nH]c(=O)n(CCCN(CCCN3CCN(C)CC3)Cc3cccc(OC(C)=O)c3)c2n1. The van der Waals surface area contributed by atoms with E-state index in [-0.39, 0.29) is 23.5 Å². The number of H-pyrrole nitrogens is 1. The van der Waals surface area contributed by atoms with Gasteiger partial charge in [-0.3, -0.25) is 14.3 Å². The van der Waals surface area contributed by atoms with E-state index in [1.54, 1.807) is 10.6 Å². The Morgan fingerprint density at radius 3 is 2.59 bits per heavy atom. The van der Waals surface area contributed by atoms with Crippen molar-refractivity contribution in [1.29, 1.82) is 0 Å². The van der Waals surface area contributed by atoms with Crippen molar-refractivity contribution in [3.63, 3.8) is 0 Å². The van der Waals surface area contributed by atoms with Gasteiger partial charge in [-0.05, 0) is 57.1 Å². The van der Waals surface area contributed by atoms with Gasteiger partial charge in [0.25, 0.3) is 0 Å². The quantitative estimate of drug-likeness (QED) is 0.160. The lowest BCUT2D eigenvalue weighted by molar-refractivity contribution is -0.131. The lowest BCUT2D eigenvalue weighted by atomic mass is 10.2. The molecule has 0 spiro atoms. The Morgan fingerprint density at radius 1 is 1.10 bits per heavy atom. The number of aryl methyl sites for hydroxylation is 1. The molecule has 224 valence electrons. The smallest absolute Gasteiger partial charge is 0.327 e. The summed E-state index contributed by atoms with van der Waals surface area (Å²) in [4.78, 5) is 43.0. The number of imidazole rings is 1. The van der Waals surface area contributed by atoms with Crippen molar-refractivity contribution in [1.82, 2.24) is 34.2 Å². The van der Waals surface area contributed by atoms with Gasteiger partial charge in [0.05, 0.1) is 6.61 Å². The molecule has 12 heteroatoms. The van der Waals surface area contributed by atoms with E-state index in [4.69, 9.17) is 15.2 Å². The molecule has 3 heterocycles. The molecule has 0 bridgehead atoms. The molecule has 4 rings (SSSR count). The number of benzene rings is 1. The molecule has 2 aromatic heterocycles. The van der Waals surface area contributed by atoms with Gasteiger partial charge >= 0.3 is 17.7 Å². The average Bonchev–Trinajstić information content (AvgIpc) is 3.25. The third kappa shape index (κ3) is 9.00. The molecule has 1 aliphatic rings. The summed E-state index contributed by atoms with van der Waals surface area (Å²) in [6, 6.07) is 7.85. The van der Waals surface area contributed by atoms with Gasteiger partial charge in [-0.1, -0.05) is 25.5 Å². The second-order valence-corrected chi connectivity index (χ2v) is 10.7. The predicted molar refractivity (Wildman–Crippen MR) is 159 cm³/mol. The summed E-state index contributed by atoms with van der Waals surface area (Å²) < 4.78 is 12.6. The maximum absolute atomic E-state index is 12.8. The van der Waals surface area contributed by atoms with E-state index in [1.807, 2.05) is 18.2 Å². The van der Waals surface area contributed by atoms with Crippen LogP contribution in [-0.4, -0.2) is 99.7 Å². The number of hydrogen-bond acceptors (Lipinski definition) is 10. The number of anilines is 1.